The lowest BCUT2D eigenvalue weighted by Gasteiger charge is -2.16. The lowest BCUT2D eigenvalue weighted by Crippen LogP contribution is -2.18. The average Bonchev–Trinajstić information content (AvgIpc) is 2.16. The van der Waals surface area contributed by atoms with Crippen LogP contribution in [0.2, 0.25) is 0 Å². The molecule has 0 saturated heterocycles. The SMILES string of the molecule is COc1c(CC(C)N)cccc1C(C)C. The number of para-hydroxylation sites is 1. The molecule has 1 rings (SSSR count). The minimum absolute atomic E-state index is 0.168. The number of hydrogen-bond donors (Lipinski definition) is 1. The number of hydrogen-bond acceptors (Lipinski definition) is 2. The molecule has 0 aliphatic carbocycles. The van der Waals surface area contributed by atoms with Gasteiger partial charge < -0.3 is 10.5 Å². The van der Waals surface area contributed by atoms with E-state index in [4.69, 9.17) is 10.5 Å². The van der Waals surface area contributed by atoms with Gasteiger partial charge in [-0.15, -0.1) is 0 Å². The highest BCUT2D eigenvalue weighted by Crippen LogP contribution is 2.30. The first-order valence-electron chi connectivity index (χ1n) is 5.47. The zero-order valence-electron chi connectivity index (χ0n) is 10.1. The molecule has 0 aliphatic heterocycles. The van der Waals surface area contributed by atoms with Gasteiger partial charge in [0, 0.05) is 6.04 Å². The summed E-state index contributed by atoms with van der Waals surface area (Å²) in [6.07, 6.45) is 0.865. The molecule has 0 spiro atoms. The van der Waals surface area contributed by atoms with Crippen LogP contribution >= 0.6 is 0 Å². The first-order valence-corrected chi connectivity index (χ1v) is 5.47. The van der Waals surface area contributed by atoms with Crippen LogP contribution in [0.1, 0.15) is 37.8 Å². The van der Waals surface area contributed by atoms with E-state index in [1.165, 1.54) is 11.1 Å². The van der Waals surface area contributed by atoms with Gasteiger partial charge in [0.2, 0.25) is 0 Å². The van der Waals surface area contributed by atoms with Crippen molar-refractivity contribution in [2.24, 2.45) is 5.73 Å². The maximum Gasteiger partial charge on any atom is 0.125 e. The van der Waals surface area contributed by atoms with E-state index in [9.17, 15) is 0 Å². The topological polar surface area (TPSA) is 35.2 Å². The van der Waals surface area contributed by atoms with Gasteiger partial charge in [0.25, 0.3) is 0 Å². The smallest absolute Gasteiger partial charge is 0.125 e. The van der Waals surface area contributed by atoms with E-state index in [0.717, 1.165) is 12.2 Å². The van der Waals surface area contributed by atoms with E-state index in [2.05, 4.69) is 32.0 Å². The largest absolute Gasteiger partial charge is 0.496 e. The summed E-state index contributed by atoms with van der Waals surface area (Å²) in [6.45, 7) is 6.36. The summed E-state index contributed by atoms with van der Waals surface area (Å²) in [5.41, 5.74) is 8.29. The molecule has 0 radical (unpaired) electrons. The van der Waals surface area contributed by atoms with Crippen molar-refractivity contribution in [3.63, 3.8) is 0 Å². The van der Waals surface area contributed by atoms with Gasteiger partial charge >= 0.3 is 0 Å². The van der Waals surface area contributed by atoms with Gasteiger partial charge in [-0.1, -0.05) is 32.0 Å². The van der Waals surface area contributed by atoms with Crippen LogP contribution in [0.3, 0.4) is 0 Å². The Kier molecular flexibility index (Phi) is 4.15. The zero-order chi connectivity index (χ0) is 11.4. The van der Waals surface area contributed by atoms with Crippen LogP contribution in [-0.2, 0) is 6.42 Å². The summed E-state index contributed by atoms with van der Waals surface area (Å²) < 4.78 is 5.48. The molecule has 15 heavy (non-hydrogen) atoms. The monoisotopic (exact) mass is 207 g/mol. The van der Waals surface area contributed by atoms with Crippen LogP contribution in [0.5, 0.6) is 5.75 Å². The molecule has 0 aliphatic rings. The third kappa shape index (κ3) is 2.96. The molecule has 0 bridgehead atoms. The Hall–Kier alpha value is -1.02. The number of benzene rings is 1. The fourth-order valence-corrected chi connectivity index (χ4v) is 1.82. The lowest BCUT2D eigenvalue weighted by atomic mass is 9.96. The summed E-state index contributed by atoms with van der Waals surface area (Å²) in [7, 11) is 1.73. The summed E-state index contributed by atoms with van der Waals surface area (Å²) in [5.74, 6) is 1.48. The normalized spacial score (nSPS) is 12.9. The average molecular weight is 207 g/mol. The Morgan fingerprint density at radius 1 is 1.27 bits per heavy atom. The second-order valence-corrected chi connectivity index (χ2v) is 4.38. The van der Waals surface area contributed by atoms with Gasteiger partial charge in [-0.05, 0) is 30.4 Å². The predicted molar refractivity (Wildman–Crippen MR) is 64.4 cm³/mol. The first kappa shape index (κ1) is 12.1. The molecule has 1 atom stereocenters. The van der Waals surface area contributed by atoms with Crippen LogP contribution in [0.25, 0.3) is 0 Å². The summed E-state index contributed by atoms with van der Waals surface area (Å²) >= 11 is 0. The maximum atomic E-state index is 5.82. The molecule has 1 aromatic rings. The Labute approximate surface area is 92.4 Å². The fraction of sp³-hybridized carbons (Fsp3) is 0.538. The second-order valence-electron chi connectivity index (χ2n) is 4.38. The summed E-state index contributed by atoms with van der Waals surface area (Å²) in [6, 6.07) is 6.46. The highest BCUT2D eigenvalue weighted by Gasteiger charge is 2.12. The molecule has 2 heteroatoms. The van der Waals surface area contributed by atoms with Crippen molar-refractivity contribution in [1.29, 1.82) is 0 Å². The van der Waals surface area contributed by atoms with Crippen LogP contribution in [-0.4, -0.2) is 13.2 Å². The van der Waals surface area contributed by atoms with Crippen molar-refractivity contribution >= 4 is 0 Å². The minimum atomic E-state index is 0.168. The van der Waals surface area contributed by atoms with E-state index >= 15 is 0 Å². The van der Waals surface area contributed by atoms with Gasteiger partial charge in [0.1, 0.15) is 5.75 Å². The second kappa shape index (κ2) is 5.17. The Balaban J connectivity index is 3.10. The molecule has 84 valence electrons. The number of methoxy groups -OCH3 is 1. The van der Waals surface area contributed by atoms with E-state index < -0.39 is 0 Å². The van der Waals surface area contributed by atoms with Crippen molar-refractivity contribution in [2.75, 3.05) is 7.11 Å². The number of ether oxygens (including phenoxy) is 1. The van der Waals surface area contributed by atoms with E-state index in [1.807, 2.05) is 6.92 Å². The van der Waals surface area contributed by atoms with Crippen molar-refractivity contribution in [3.05, 3.63) is 29.3 Å². The third-order valence-electron chi connectivity index (χ3n) is 2.50. The van der Waals surface area contributed by atoms with Crippen molar-refractivity contribution in [2.45, 2.75) is 39.2 Å². The molecular weight excluding hydrogens is 186 g/mol. The van der Waals surface area contributed by atoms with Crippen LogP contribution in [0.4, 0.5) is 0 Å². The molecule has 2 N–H and O–H groups in total. The standard InChI is InChI=1S/C13H21NO/c1-9(2)12-7-5-6-11(8-10(3)14)13(12)15-4/h5-7,9-10H,8,14H2,1-4H3. The van der Waals surface area contributed by atoms with Crippen LogP contribution in [0, 0.1) is 0 Å². The van der Waals surface area contributed by atoms with Crippen LogP contribution < -0.4 is 10.5 Å². The third-order valence-corrected chi connectivity index (χ3v) is 2.50. The molecule has 1 aromatic carbocycles. The highest BCUT2D eigenvalue weighted by molar-refractivity contribution is 5.43. The van der Waals surface area contributed by atoms with Gasteiger partial charge in [0.15, 0.2) is 0 Å². The van der Waals surface area contributed by atoms with Crippen LogP contribution in [0.15, 0.2) is 18.2 Å². The Morgan fingerprint density at radius 2 is 1.93 bits per heavy atom. The molecule has 2 nitrogen and oxygen atoms in total. The molecular formula is C13H21NO. The zero-order valence-corrected chi connectivity index (χ0v) is 10.1. The van der Waals surface area contributed by atoms with E-state index in [-0.39, 0.29) is 6.04 Å². The highest BCUT2D eigenvalue weighted by atomic mass is 16.5. The van der Waals surface area contributed by atoms with Gasteiger partial charge in [-0.2, -0.15) is 0 Å². The van der Waals surface area contributed by atoms with Gasteiger partial charge in [0.05, 0.1) is 7.11 Å². The predicted octanol–water partition coefficient (Wildman–Crippen LogP) is 2.71. The van der Waals surface area contributed by atoms with Crippen molar-refractivity contribution in [1.82, 2.24) is 0 Å². The van der Waals surface area contributed by atoms with E-state index in [0.29, 0.717) is 5.92 Å². The fourth-order valence-electron chi connectivity index (χ4n) is 1.82. The number of rotatable bonds is 4. The molecule has 0 heterocycles. The Bertz CT molecular complexity index is 318. The van der Waals surface area contributed by atoms with Crippen molar-refractivity contribution < 1.29 is 4.74 Å². The molecule has 0 fully saturated rings. The summed E-state index contributed by atoms with van der Waals surface area (Å²) in [5, 5.41) is 0. The van der Waals surface area contributed by atoms with Crippen molar-refractivity contribution in [3.8, 4) is 5.75 Å². The molecule has 1 unspecified atom stereocenters. The number of nitrogens with two attached hydrogens (primary N) is 1. The minimum Gasteiger partial charge on any atom is -0.496 e. The summed E-state index contributed by atoms with van der Waals surface area (Å²) in [4.78, 5) is 0. The Morgan fingerprint density at radius 3 is 2.40 bits per heavy atom. The quantitative estimate of drug-likeness (QED) is 0.824. The van der Waals surface area contributed by atoms with Gasteiger partial charge in [-0.25, -0.2) is 0 Å². The van der Waals surface area contributed by atoms with Gasteiger partial charge in [-0.3, -0.25) is 0 Å². The molecule has 0 aromatic heterocycles. The maximum absolute atomic E-state index is 5.82. The van der Waals surface area contributed by atoms with E-state index in [1.54, 1.807) is 7.11 Å². The lowest BCUT2D eigenvalue weighted by molar-refractivity contribution is 0.401. The first-order chi connectivity index (χ1) is 7.06. The molecule has 0 saturated carbocycles. The molecule has 0 amide bonds.